The Kier molecular flexibility index (Phi) is 5.55. The molecule has 1 aliphatic rings. The molecule has 1 aromatic carbocycles. The summed E-state index contributed by atoms with van der Waals surface area (Å²) in [5.74, 6) is 0.585. The van der Waals surface area contributed by atoms with E-state index in [0.717, 1.165) is 24.5 Å². The number of hydrogen-bond donors (Lipinski definition) is 0. The number of aromatic nitrogens is 1. The highest BCUT2D eigenvalue weighted by molar-refractivity contribution is 6.30. The smallest absolute Gasteiger partial charge is 0.260 e. The lowest BCUT2D eigenvalue weighted by Crippen LogP contribution is -2.49. The zero-order valence-corrected chi connectivity index (χ0v) is 14.6. The number of halogens is 2. The SMILES string of the molecule is Cc1cc(CN2CCN(C(=O)COc3ccc(F)c(Cl)c3)CC2)on1. The highest BCUT2D eigenvalue weighted by Crippen LogP contribution is 2.21. The van der Waals surface area contributed by atoms with Crippen molar-refractivity contribution in [2.45, 2.75) is 13.5 Å². The van der Waals surface area contributed by atoms with E-state index in [0.29, 0.717) is 25.4 Å². The van der Waals surface area contributed by atoms with Crippen LogP contribution in [0.5, 0.6) is 5.75 Å². The number of carbonyl (C=O) groups excluding carboxylic acids is 1. The van der Waals surface area contributed by atoms with E-state index < -0.39 is 5.82 Å². The fraction of sp³-hybridized carbons (Fsp3) is 0.412. The molecule has 0 spiro atoms. The fourth-order valence-electron chi connectivity index (χ4n) is 2.67. The van der Waals surface area contributed by atoms with Gasteiger partial charge in [0, 0.05) is 38.3 Å². The van der Waals surface area contributed by atoms with E-state index in [2.05, 4.69) is 10.1 Å². The van der Waals surface area contributed by atoms with Gasteiger partial charge in [-0.05, 0) is 19.1 Å². The summed E-state index contributed by atoms with van der Waals surface area (Å²) in [6, 6.07) is 5.94. The molecule has 0 N–H and O–H groups in total. The standard InChI is InChI=1S/C17H19ClFN3O3/c1-12-8-14(25-20-12)10-21-4-6-22(7-5-21)17(23)11-24-13-2-3-16(19)15(18)9-13/h2-3,8-9H,4-7,10-11H2,1H3. The Labute approximate surface area is 150 Å². The van der Waals surface area contributed by atoms with Gasteiger partial charge >= 0.3 is 0 Å². The van der Waals surface area contributed by atoms with Crippen molar-refractivity contribution in [2.24, 2.45) is 0 Å². The van der Waals surface area contributed by atoms with Crippen molar-refractivity contribution in [1.82, 2.24) is 15.0 Å². The van der Waals surface area contributed by atoms with Crippen molar-refractivity contribution in [3.63, 3.8) is 0 Å². The molecule has 8 heteroatoms. The summed E-state index contributed by atoms with van der Waals surface area (Å²) in [4.78, 5) is 16.2. The minimum absolute atomic E-state index is 0.0267. The van der Waals surface area contributed by atoms with Gasteiger partial charge in [0.25, 0.3) is 5.91 Å². The number of aryl methyl sites for hydroxylation is 1. The molecule has 2 heterocycles. The summed E-state index contributed by atoms with van der Waals surface area (Å²) in [6.45, 7) is 5.25. The van der Waals surface area contributed by atoms with Crippen molar-refractivity contribution >= 4 is 17.5 Å². The fourth-order valence-corrected chi connectivity index (χ4v) is 2.84. The van der Waals surface area contributed by atoms with Crippen molar-refractivity contribution in [3.05, 3.63) is 46.6 Å². The van der Waals surface area contributed by atoms with E-state index in [1.807, 2.05) is 13.0 Å². The summed E-state index contributed by atoms with van der Waals surface area (Å²) in [6.07, 6.45) is 0. The van der Waals surface area contributed by atoms with Crippen LogP contribution in [0.4, 0.5) is 4.39 Å². The minimum Gasteiger partial charge on any atom is -0.484 e. The molecule has 25 heavy (non-hydrogen) atoms. The summed E-state index contributed by atoms with van der Waals surface area (Å²) in [5.41, 5.74) is 0.863. The van der Waals surface area contributed by atoms with Gasteiger partial charge in [-0.2, -0.15) is 0 Å². The van der Waals surface area contributed by atoms with Crippen molar-refractivity contribution in [3.8, 4) is 5.75 Å². The van der Waals surface area contributed by atoms with Crippen molar-refractivity contribution in [2.75, 3.05) is 32.8 Å². The maximum Gasteiger partial charge on any atom is 0.260 e. The molecular weight excluding hydrogens is 349 g/mol. The molecule has 0 unspecified atom stereocenters. The molecule has 2 aromatic rings. The first-order valence-electron chi connectivity index (χ1n) is 8.01. The average Bonchev–Trinajstić information content (AvgIpc) is 3.01. The zero-order chi connectivity index (χ0) is 17.8. The molecule has 134 valence electrons. The molecule has 3 rings (SSSR count). The number of carbonyl (C=O) groups is 1. The van der Waals surface area contributed by atoms with E-state index >= 15 is 0 Å². The second kappa shape index (κ2) is 7.84. The molecule has 1 aliphatic heterocycles. The summed E-state index contributed by atoms with van der Waals surface area (Å²) >= 11 is 5.69. The quantitative estimate of drug-likeness (QED) is 0.812. The molecule has 1 aromatic heterocycles. The first-order valence-corrected chi connectivity index (χ1v) is 8.39. The normalized spacial score (nSPS) is 15.4. The summed E-state index contributed by atoms with van der Waals surface area (Å²) < 4.78 is 23.7. The molecule has 1 fully saturated rings. The highest BCUT2D eigenvalue weighted by Gasteiger charge is 2.22. The number of hydrogen-bond acceptors (Lipinski definition) is 5. The lowest BCUT2D eigenvalue weighted by Gasteiger charge is -2.34. The van der Waals surface area contributed by atoms with Crippen LogP contribution < -0.4 is 4.74 Å². The maximum atomic E-state index is 13.1. The van der Waals surface area contributed by atoms with Gasteiger partial charge in [-0.3, -0.25) is 9.69 Å². The third kappa shape index (κ3) is 4.70. The van der Waals surface area contributed by atoms with Gasteiger partial charge in [-0.15, -0.1) is 0 Å². The van der Waals surface area contributed by atoms with E-state index in [4.69, 9.17) is 20.9 Å². The van der Waals surface area contributed by atoms with Crippen LogP contribution in [0, 0.1) is 12.7 Å². The van der Waals surface area contributed by atoms with Crippen LogP contribution in [0.1, 0.15) is 11.5 Å². The topological polar surface area (TPSA) is 58.8 Å². The van der Waals surface area contributed by atoms with E-state index in [1.165, 1.54) is 18.2 Å². The number of amides is 1. The van der Waals surface area contributed by atoms with E-state index in [-0.39, 0.29) is 17.5 Å². The second-order valence-electron chi connectivity index (χ2n) is 5.96. The number of piperazine rings is 1. The van der Waals surface area contributed by atoms with E-state index in [9.17, 15) is 9.18 Å². The van der Waals surface area contributed by atoms with Gasteiger partial charge in [0.15, 0.2) is 12.4 Å². The molecule has 0 bridgehead atoms. The average molecular weight is 368 g/mol. The second-order valence-corrected chi connectivity index (χ2v) is 6.36. The predicted molar refractivity (Wildman–Crippen MR) is 90.0 cm³/mol. The first kappa shape index (κ1) is 17.7. The minimum atomic E-state index is -0.515. The van der Waals surface area contributed by atoms with Crippen LogP contribution in [0.2, 0.25) is 5.02 Å². The van der Waals surface area contributed by atoms with Crippen LogP contribution in [0.3, 0.4) is 0 Å². The number of ether oxygens (including phenoxy) is 1. The van der Waals surface area contributed by atoms with Crippen LogP contribution in [-0.4, -0.2) is 53.6 Å². The molecule has 1 saturated heterocycles. The summed E-state index contributed by atoms with van der Waals surface area (Å²) in [5, 5.41) is 3.85. The monoisotopic (exact) mass is 367 g/mol. The molecule has 0 aliphatic carbocycles. The van der Waals surface area contributed by atoms with Gasteiger partial charge in [0.05, 0.1) is 17.3 Å². The number of rotatable bonds is 5. The van der Waals surface area contributed by atoms with Crippen LogP contribution >= 0.6 is 11.6 Å². The van der Waals surface area contributed by atoms with Gasteiger partial charge in [0.2, 0.25) is 0 Å². The lowest BCUT2D eigenvalue weighted by atomic mass is 10.3. The maximum absolute atomic E-state index is 13.1. The Morgan fingerprint density at radius 1 is 1.32 bits per heavy atom. The van der Waals surface area contributed by atoms with Gasteiger partial charge in [-0.25, -0.2) is 4.39 Å². The van der Waals surface area contributed by atoms with Crippen LogP contribution in [-0.2, 0) is 11.3 Å². The van der Waals surface area contributed by atoms with E-state index in [1.54, 1.807) is 4.90 Å². The summed E-state index contributed by atoms with van der Waals surface area (Å²) in [7, 11) is 0. The van der Waals surface area contributed by atoms with Gasteiger partial charge < -0.3 is 14.2 Å². The molecule has 6 nitrogen and oxygen atoms in total. The predicted octanol–water partition coefficient (Wildman–Crippen LogP) is 2.50. The molecule has 1 amide bonds. The largest absolute Gasteiger partial charge is 0.484 e. The van der Waals surface area contributed by atoms with Crippen molar-refractivity contribution < 1.29 is 18.4 Å². The first-order chi connectivity index (χ1) is 12.0. The number of nitrogens with zero attached hydrogens (tertiary/aromatic N) is 3. The Morgan fingerprint density at radius 3 is 2.72 bits per heavy atom. The number of benzene rings is 1. The molecule has 0 saturated carbocycles. The third-order valence-electron chi connectivity index (χ3n) is 4.03. The van der Waals surface area contributed by atoms with Gasteiger partial charge in [-0.1, -0.05) is 16.8 Å². The molecule has 0 radical (unpaired) electrons. The zero-order valence-electron chi connectivity index (χ0n) is 13.9. The highest BCUT2D eigenvalue weighted by atomic mass is 35.5. The Hall–Kier alpha value is -2.12. The van der Waals surface area contributed by atoms with Crippen LogP contribution in [0.15, 0.2) is 28.8 Å². The molecule has 0 atom stereocenters. The van der Waals surface area contributed by atoms with Crippen LogP contribution in [0.25, 0.3) is 0 Å². The van der Waals surface area contributed by atoms with Gasteiger partial charge in [0.1, 0.15) is 11.6 Å². The Balaban J connectivity index is 1.44. The Morgan fingerprint density at radius 2 is 2.08 bits per heavy atom. The Bertz CT molecular complexity index is 744. The van der Waals surface area contributed by atoms with Crippen molar-refractivity contribution in [1.29, 1.82) is 0 Å². The third-order valence-corrected chi connectivity index (χ3v) is 4.32. The molecular formula is C17H19ClFN3O3. The lowest BCUT2D eigenvalue weighted by molar-refractivity contribution is -0.135.